The zero-order chi connectivity index (χ0) is 14.0. The van der Waals surface area contributed by atoms with E-state index in [9.17, 15) is 13.2 Å². The lowest BCUT2D eigenvalue weighted by molar-refractivity contribution is 0.0703. The van der Waals surface area contributed by atoms with Gasteiger partial charge in [0.15, 0.2) is 0 Å². The van der Waals surface area contributed by atoms with Crippen LogP contribution in [0.2, 0.25) is 0 Å². The van der Waals surface area contributed by atoms with Crippen LogP contribution in [0.25, 0.3) is 0 Å². The third-order valence-electron chi connectivity index (χ3n) is 2.23. The molecule has 0 aliphatic rings. The first-order valence-corrected chi connectivity index (χ1v) is 8.15. The minimum absolute atomic E-state index is 0.0410. The highest BCUT2D eigenvalue weighted by Crippen LogP contribution is 2.25. The van der Waals surface area contributed by atoms with Gasteiger partial charge in [0, 0.05) is 4.47 Å². The molecule has 0 atom stereocenters. The lowest BCUT2D eigenvalue weighted by atomic mass is 10.4. The van der Waals surface area contributed by atoms with Crippen LogP contribution < -0.4 is 4.72 Å². The number of anilines is 1. The van der Waals surface area contributed by atoms with Gasteiger partial charge in [-0.15, -0.1) is 11.3 Å². The van der Waals surface area contributed by atoms with Gasteiger partial charge in [-0.05, 0) is 35.7 Å². The summed E-state index contributed by atoms with van der Waals surface area (Å²) in [5, 5.41) is 10.4. The molecule has 0 radical (unpaired) electrons. The van der Waals surface area contributed by atoms with Gasteiger partial charge >= 0.3 is 5.97 Å². The largest absolute Gasteiger partial charge is 0.477 e. The van der Waals surface area contributed by atoms with E-state index in [0.29, 0.717) is 0 Å². The molecule has 0 spiro atoms. The number of nitrogens with one attached hydrogen (secondary N) is 1. The zero-order valence-corrected chi connectivity index (χ0v) is 12.5. The molecular weight excluding hydrogens is 354 g/mol. The second-order valence-electron chi connectivity index (χ2n) is 3.53. The van der Waals surface area contributed by atoms with Crippen molar-refractivity contribution >= 4 is 48.9 Å². The molecule has 1 aromatic carbocycles. The Hall–Kier alpha value is -1.38. The van der Waals surface area contributed by atoms with Crippen LogP contribution in [-0.4, -0.2) is 19.5 Å². The van der Waals surface area contributed by atoms with Crippen LogP contribution in [0.4, 0.5) is 5.69 Å². The topological polar surface area (TPSA) is 83.5 Å². The van der Waals surface area contributed by atoms with Crippen LogP contribution >= 0.6 is 27.3 Å². The summed E-state index contributed by atoms with van der Waals surface area (Å²) in [5.41, 5.74) is 0.0698. The molecular formula is C11H8BrNO4S2. The number of carboxylic acid groups (broad SMARTS) is 1. The fourth-order valence-electron chi connectivity index (χ4n) is 1.37. The Bertz CT molecular complexity index is 707. The molecule has 0 amide bonds. The first-order valence-electron chi connectivity index (χ1n) is 4.99. The number of aromatic carboxylic acids is 1. The molecule has 100 valence electrons. The van der Waals surface area contributed by atoms with Crippen LogP contribution in [-0.2, 0) is 10.0 Å². The number of carboxylic acids is 1. The van der Waals surface area contributed by atoms with E-state index in [1.54, 1.807) is 12.1 Å². The Kier molecular flexibility index (Phi) is 3.93. The molecule has 0 aliphatic heterocycles. The Labute approximate surface area is 122 Å². The van der Waals surface area contributed by atoms with Crippen LogP contribution in [0.15, 0.2) is 45.1 Å². The van der Waals surface area contributed by atoms with E-state index in [2.05, 4.69) is 20.7 Å². The number of rotatable bonds is 4. The Morgan fingerprint density at radius 3 is 2.42 bits per heavy atom. The molecule has 1 aromatic heterocycles. The average molecular weight is 362 g/mol. The van der Waals surface area contributed by atoms with Crippen molar-refractivity contribution in [2.45, 2.75) is 4.90 Å². The Balaban J connectivity index is 2.34. The van der Waals surface area contributed by atoms with Gasteiger partial charge in [-0.1, -0.05) is 15.9 Å². The summed E-state index contributed by atoms with van der Waals surface area (Å²) in [5.74, 6) is -1.16. The summed E-state index contributed by atoms with van der Waals surface area (Å²) in [6, 6.07) is 7.48. The zero-order valence-electron chi connectivity index (χ0n) is 9.33. The third-order valence-corrected chi connectivity index (χ3v) is 5.04. The predicted molar refractivity (Wildman–Crippen MR) is 76.2 cm³/mol. The van der Waals surface area contributed by atoms with E-state index in [-0.39, 0.29) is 15.5 Å². The third kappa shape index (κ3) is 3.14. The van der Waals surface area contributed by atoms with E-state index in [4.69, 9.17) is 5.11 Å². The highest BCUT2D eigenvalue weighted by molar-refractivity contribution is 9.10. The van der Waals surface area contributed by atoms with Gasteiger partial charge in [-0.2, -0.15) is 0 Å². The second kappa shape index (κ2) is 5.32. The smallest absolute Gasteiger partial charge is 0.348 e. The summed E-state index contributed by atoms with van der Waals surface area (Å²) in [4.78, 5) is 10.9. The van der Waals surface area contributed by atoms with E-state index in [1.807, 2.05) is 0 Å². The molecule has 0 aliphatic carbocycles. The number of carbonyl (C=O) groups is 1. The quantitative estimate of drug-likeness (QED) is 0.876. The van der Waals surface area contributed by atoms with Gasteiger partial charge in [-0.25, -0.2) is 13.2 Å². The fraction of sp³-hybridized carbons (Fsp3) is 0. The monoisotopic (exact) mass is 361 g/mol. The van der Waals surface area contributed by atoms with E-state index in [0.717, 1.165) is 15.8 Å². The molecule has 19 heavy (non-hydrogen) atoms. The summed E-state index contributed by atoms with van der Waals surface area (Å²) in [7, 11) is -3.78. The predicted octanol–water partition coefficient (Wildman–Crippen LogP) is 3.01. The van der Waals surface area contributed by atoms with Crippen molar-refractivity contribution in [1.29, 1.82) is 0 Å². The summed E-state index contributed by atoms with van der Waals surface area (Å²) < 4.78 is 27.2. The molecule has 0 fully saturated rings. The van der Waals surface area contributed by atoms with Gasteiger partial charge in [0.25, 0.3) is 10.0 Å². The van der Waals surface area contributed by atoms with E-state index in [1.165, 1.54) is 23.6 Å². The first-order chi connectivity index (χ1) is 8.90. The SMILES string of the molecule is O=C(O)c1sccc1NS(=O)(=O)c1ccc(Br)cc1. The normalized spacial score (nSPS) is 11.2. The highest BCUT2D eigenvalue weighted by Gasteiger charge is 2.19. The summed E-state index contributed by atoms with van der Waals surface area (Å²) in [6.07, 6.45) is 0. The molecule has 0 unspecified atom stereocenters. The molecule has 0 saturated heterocycles. The Morgan fingerprint density at radius 2 is 1.84 bits per heavy atom. The molecule has 2 rings (SSSR count). The van der Waals surface area contributed by atoms with Crippen molar-refractivity contribution in [3.05, 3.63) is 45.1 Å². The van der Waals surface area contributed by atoms with Crippen molar-refractivity contribution < 1.29 is 18.3 Å². The fourth-order valence-corrected chi connectivity index (χ4v) is 3.46. The molecule has 2 aromatic rings. The lowest BCUT2D eigenvalue weighted by Gasteiger charge is -2.07. The molecule has 1 heterocycles. The lowest BCUT2D eigenvalue weighted by Crippen LogP contribution is -2.14. The molecule has 5 nitrogen and oxygen atoms in total. The number of benzene rings is 1. The van der Waals surface area contributed by atoms with E-state index >= 15 is 0 Å². The maximum atomic E-state index is 12.1. The minimum Gasteiger partial charge on any atom is -0.477 e. The molecule has 2 N–H and O–H groups in total. The molecule has 0 bridgehead atoms. The molecule has 8 heteroatoms. The van der Waals surface area contributed by atoms with Crippen LogP contribution in [0, 0.1) is 0 Å². The summed E-state index contributed by atoms with van der Waals surface area (Å²) >= 11 is 4.17. The van der Waals surface area contributed by atoms with Crippen molar-refractivity contribution in [2.24, 2.45) is 0 Å². The number of sulfonamides is 1. The number of hydrogen-bond acceptors (Lipinski definition) is 4. The van der Waals surface area contributed by atoms with Gasteiger partial charge in [0.1, 0.15) is 4.88 Å². The maximum absolute atomic E-state index is 12.1. The maximum Gasteiger partial charge on any atom is 0.348 e. The van der Waals surface area contributed by atoms with E-state index < -0.39 is 16.0 Å². The summed E-state index contributed by atoms with van der Waals surface area (Å²) in [6.45, 7) is 0. The van der Waals surface area contributed by atoms with Crippen LogP contribution in [0.5, 0.6) is 0 Å². The first kappa shape index (κ1) is 14.0. The second-order valence-corrected chi connectivity index (χ2v) is 7.04. The number of halogens is 1. The Morgan fingerprint density at radius 1 is 1.21 bits per heavy atom. The van der Waals surface area contributed by atoms with Crippen molar-refractivity contribution in [3.8, 4) is 0 Å². The van der Waals surface area contributed by atoms with Crippen molar-refractivity contribution in [3.63, 3.8) is 0 Å². The number of thiophene rings is 1. The highest BCUT2D eigenvalue weighted by atomic mass is 79.9. The van der Waals surface area contributed by atoms with Gasteiger partial charge in [-0.3, -0.25) is 4.72 Å². The standard InChI is InChI=1S/C11H8BrNO4S2/c12-7-1-3-8(4-2-7)19(16,17)13-9-5-6-18-10(9)11(14)15/h1-6,13H,(H,14,15). The van der Waals surface area contributed by atoms with Crippen LogP contribution in [0.3, 0.4) is 0 Å². The molecule has 0 saturated carbocycles. The van der Waals surface area contributed by atoms with Crippen molar-refractivity contribution in [1.82, 2.24) is 0 Å². The van der Waals surface area contributed by atoms with Gasteiger partial charge < -0.3 is 5.11 Å². The average Bonchev–Trinajstić information content (AvgIpc) is 2.77. The minimum atomic E-state index is -3.78. The number of hydrogen-bond donors (Lipinski definition) is 2. The van der Waals surface area contributed by atoms with Crippen molar-refractivity contribution in [2.75, 3.05) is 4.72 Å². The van der Waals surface area contributed by atoms with Crippen LogP contribution in [0.1, 0.15) is 9.67 Å². The van der Waals surface area contributed by atoms with Gasteiger partial charge in [0.05, 0.1) is 10.6 Å². The van der Waals surface area contributed by atoms with Gasteiger partial charge in [0.2, 0.25) is 0 Å².